The van der Waals surface area contributed by atoms with Crippen molar-refractivity contribution in [2.24, 2.45) is 0 Å². The number of benzene rings is 2. The van der Waals surface area contributed by atoms with Crippen molar-refractivity contribution in [3.05, 3.63) is 70.4 Å². The van der Waals surface area contributed by atoms with E-state index in [9.17, 15) is 9.59 Å². The molecular formula is C25H27ClN2O4. The highest BCUT2D eigenvalue weighted by atomic mass is 35.5. The Kier molecular flexibility index (Phi) is 6.53. The third-order valence-corrected chi connectivity index (χ3v) is 6.05. The third kappa shape index (κ3) is 4.38. The highest BCUT2D eigenvalue weighted by Crippen LogP contribution is 2.37. The number of carbonyl (C=O) groups excluding carboxylic acids is 2. The van der Waals surface area contributed by atoms with Gasteiger partial charge in [-0.3, -0.25) is 14.5 Å². The fourth-order valence-corrected chi connectivity index (χ4v) is 4.53. The Morgan fingerprint density at radius 3 is 2.31 bits per heavy atom. The van der Waals surface area contributed by atoms with Crippen molar-refractivity contribution < 1.29 is 19.1 Å². The predicted octanol–water partition coefficient (Wildman–Crippen LogP) is 3.78. The Morgan fingerprint density at radius 2 is 1.66 bits per heavy atom. The lowest BCUT2D eigenvalue weighted by Gasteiger charge is -2.37. The maximum atomic E-state index is 13.6. The van der Waals surface area contributed by atoms with Crippen molar-refractivity contribution in [3.63, 3.8) is 0 Å². The van der Waals surface area contributed by atoms with Gasteiger partial charge in [-0.15, -0.1) is 0 Å². The number of carbonyl (C=O) groups is 2. The molecule has 1 saturated heterocycles. The molecule has 0 saturated carbocycles. The minimum atomic E-state index is -0.296. The summed E-state index contributed by atoms with van der Waals surface area (Å²) >= 11 is 5.98. The summed E-state index contributed by atoms with van der Waals surface area (Å²) in [7, 11) is 1.57. The van der Waals surface area contributed by atoms with Crippen LogP contribution in [0.1, 0.15) is 25.0 Å². The van der Waals surface area contributed by atoms with Gasteiger partial charge in [0.1, 0.15) is 11.4 Å². The lowest BCUT2D eigenvalue weighted by Crippen LogP contribution is -2.47. The number of hydrogen-bond acceptors (Lipinski definition) is 5. The van der Waals surface area contributed by atoms with E-state index in [1.165, 1.54) is 4.90 Å². The summed E-state index contributed by atoms with van der Waals surface area (Å²) in [6, 6.07) is 14.8. The number of imide groups is 1. The molecule has 6 nitrogen and oxygen atoms in total. The molecule has 2 aliphatic rings. The molecule has 0 aromatic heterocycles. The topological polar surface area (TPSA) is 59.1 Å². The second kappa shape index (κ2) is 9.35. The molecule has 2 amide bonds. The van der Waals surface area contributed by atoms with E-state index in [0.717, 1.165) is 5.56 Å². The van der Waals surface area contributed by atoms with Crippen molar-refractivity contribution in [1.29, 1.82) is 0 Å². The van der Waals surface area contributed by atoms with Crippen molar-refractivity contribution in [2.45, 2.75) is 32.5 Å². The highest BCUT2D eigenvalue weighted by molar-refractivity contribution is 6.36. The molecular weight excluding hydrogens is 428 g/mol. The first kappa shape index (κ1) is 22.4. The number of amides is 2. The van der Waals surface area contributed by atoms with Gasteiger partial charge < -0.3 is 14.4 Å². The molecule has 2 aliphatic heterocycles. The second-order valence-corrected chi connectivity index (χ2v) is 8.66. The maximum Gasteiger partial charge on any atom is 0.277 e. The molecule has 32 heavy (non-hydrogen) atoms. The Morgan fingerprint density at radius 1 is 1.00 bits per heavy atom. The van der Waals surface area contributed by atoms with E-state index >= 15 is 0 Å². The van der Waals surface area contributed by atoms with Gasteiger partial charge in [0.15, 0.2) is 0 Å². The van der Waals surface area contributed by atoms with Crippen LogP contribution < -0.4 is 4.74 Å². The molecule has 2 heterocycles. The van der Waals surface area contributed by atoms with Gasteiger partial charge in [-0.05, 0) is 44.0 Å². The number of nitrogens with zero attached hydrogens (tertiary/aromatic N) is 2. The number of para-hydroxylation sites is 1. The first-order valence-electron chi connectivity index (χ1n) is 10.8. The van der Waals surface area contributed by atoms with Gasteiger partial charge in [-0.1, -0.05) is 41.9 Å². The minimum absolute atomic E-state index is 0.0452. The Bertz CT molecular complexity index is 1040. The third-order valence-electron chi connectivity index (χ3n) is 5.79. The number of halogens is 1. The summed E-state index contributed by atoms with van der Waals surface area (Å²) in [5, 5.41) is 0.653. The largest absolute Gasteiger partial charge is 0.496 e. The maximum absolute atomic E-state index is 13.6. The number of hydrogen-bond donors (Lipinski definition) is 0. The highest BCUT2D eigenvalue weighted by Gasteiger charge is 2.43. The quantitative estimate of drug-likeness (QED) is 0.622. The minimum Gasteiger partial charge on any atom is -0.496 e. The van der Waals surface area contributed by atoms with Crippen molar-refractivity contribution in [2.75, 3.05) is 26.7 Å². The zero-order chi connectivity index (χ0) is 22.8. The molecule has 0 bridgehead atoms. The van der Waals surface area contributed by atoms with Crippen LogP contribution in [0.2, 0.25) is 5.02 Å². The summed E-state index contributed by atoms with van der Waals surface area (Å²) in [6.45, 7) is 5.33. The lowest BCUT2D eigenvalue weighted by molar-refractivity contribution is -0.138. The Balaban J connectivity index is 1.70. The molecule has 7 heteroatoms. The summed E-state index contributed by atoms with van der Waals surface area (Å²) < 4.78 is 11.4. The van der Waals surface area contributed by atoms with Crippen molar-refractivity contribution in [1.82, 2.24) is 9.80 Å². The molecule has 4 rings (SSSR count). The number of ether oxygens (including phenoxy) is 2. The number of methoxy groups -OCH3 is 1. The molecule has 2 aromatic carbocycles. The van der Waals surface area contributed by atoms with E-state index in [-0.39, 0.29) is 30.6 Å². The molecule has 0 aliphatic carbocycles. The van der Waals surface area contributed by atoms with E-state index in [0.29, 0.717) is 47.1 Å². The van der Waals surface area contributed by atoms with Crippen LogP contribution in [0.5, 0.6) is 5.75 Å². The van der Waals surface area contributed by atoms with E-state index in [4.69, 9.17) is 21.1 Å². The van der Waals surface area contributed by atoms with Gasteiger partial charge in [0.2, 0.25) is 0 Å². The van der Waals surface area contributed by atoms with E-state index < -0.39 is 0 Å². The van der Waals surface area contributed by atoms with E-state index in [1.807, 2.05) is 61.2 Å². The van der Waals surface area contributed by atoms with Gasteiger partial charge in [0.05, 0.1) is 24.9 Å². The van der Waals surface area contributed by atoms with Crippen LogP contribution in [0.4, 0.5) is 0 Å². The SMILES string of the molecule is COc1ccccc1C1=C(N2CC(C)OC(C)C2)C(=O)N(CCc2ccc(Cl)cc2)C1=O. The summed E-state index contributed by atoms with van der Waals surface area (Å²) in [4.78, 5) is 30.5. The molecule has 0 radical (unpaired) electrons. The first-order chi connectivity index (χ1) is 15.4. The predicted molar refractivity (Wildman–Crippen MR) is 123 cm³/mol. The van der Waals surface area contributed by atoms with Gasteiger partial charge in [0.25, 0.3) is 11.8 Å². The van der Waals surface area contributed by atoms with Crippen LogP contribution >= 0.6 is 11.6 Å². The smallest absolute Gasteiger partial charge is 0.277 e. The van der Waals surface area contributed by atoms with Gasteiger partial charge >= 0.3 is 0 Å². The first-order valence-corrected chi connectivity index (χ1v) is 11.2. The Labute approximate surface area is 193 Å². The number of rotatable bonds is 6. The standard InChI is InChI=1S/C25H27ClN2O4/c1-16-14-27(15-17(2)32-16)23-22(20-6-4-5-7-21(20)31-3)24(29)28(25(23)30)13-12-18-8-10-19(26)11-9-18/h4-11,16-17H,12-15H2,1-3H3. The Hall–Kier alpha value is -2.83. The molecule has 2 aromatic rings. The monoisotopic (exact) mass is 454 g/mol. The molecule has 168 valence electrons. The molecule has 2 atom stereocenters. The fourth-order valence-electron chi connectivity index (χ4n) is 4.41. The van der Waals surface area contributed by atoms with E-state index in [1.54, 1.807) is 13.2 Å². The van der Waals surface area contributed by atoms with Crippen molar-refractivity contribution >= 4 is 29.0 Å². The normalized spacial score (nSPS) is 21.5. The summed E-state index contributed by atoms with van der Waals surface area (Å²) in [5.41, 5.74) is 2.46. The van der Waals surface area contributed by atoms with Crippen LogP contribution in [0, 0.1) is 0 Å². The zero-order valence-electron chi connectivity index (χ0n) is 18.5. The van der Waals surface area contributed by atoms with Crippen molar-refractivity contribution in [3.8, 4) is 5.75 Å². The summed E-state index contributed by atoms with van der Waals surface area (Å²) in [6.07, 6.45) is 0.462. The van der Waals surface area contributed by atoms with Crippen LogP contribution in [0.15, 0.2) is 54.2 Å². The zero-order valence-corrected chi connectivity index (χ0v) is 19.3. The van der Waals surface area contributed by atoms with Crippen LogP contribution in [-0.4, -0.2) is 60.6 Å². The van der Waals surface area contributed by atoms with Crippen LogP contribution in [-0.2, 0) is 20.7 Å². The number of morpholine rings is 1. The van der Waals surface area contributed by atoms with Gasteiger partial charge in [0, 0.05) is 30.2 Å². The van der Waals surface area contributed by atoms with Crippen LogP contribution in [0.25, 0.3) is 5.57 Å². The van der Waals surface area contributed by atoms with Gasteiger partial charge in [-0.25, -0.2) is 0 Å². The fraction of sp³-hybridized carbons (Fsp3) is 0.360. The lowest BCUT2D eigenvalue weighted by atomic mass is 10.0. The molecule has 1 fully saturated rings. The molecule has 2 unspecified atom stereocenters. The molecule has 0 spiro atoms. The second-order valence-electron chi connectivity index (χ2n) is 8.22. The average molecular weight is 455 g/mol. The summed E-state index contributed by atoms with van der Waals surface area (Å²) in [5.74, 6) is -0.00325. The average Bonchev–Trinajstić information content (AvgIpc) is 3.02. The van der Waals surface area contributed by atoms with Crippen LogP contribution in [0.3, 0.4) is 0 Å². The molecule has 0 N–H and O–H groups in total. The van der Waals surface area contributed by atoms with E-state index in [2.05, 4.69) is 0 Å². The van der Waals surface area contributed by atoms with Gasteiger partial charge in [-0.2, -0.15) is 0 Å².